The van der Waals surface area contributed by atoms with E-state index in [2.05, 4.69) is 9.97 Å². The first kappa shape index (κ1) is 24.8. The molecule has 1 fully saturated rings. The summed E-state index contributed by atoms with van der Waals surface area (Å²) in [5, 5.41) is 0. The van der Waals surface area contributed by atoms with Gasteiger partial charge in [-0.3, -0.25) is 9.36 Å². The topological polar surface area (TPSA) is 82.1 Å². The number of hydrogen-bond donors (Lipinski definition) is 1. The number of fused-ring (bicyclic) bond motifs is 1. The number of halogens is 2. The fourth-order valence-electron chi connectivity index (χ4n) is 4.95. The van der Waals surface area contributed by atoms with Crippen LogP contribution in [0.1, 0.15) is 37.1 Å². The van der Waals surface area contributed by atoms with Crippen LogP contribution in [-0.2, 0) is 7.05 Å². The fourth-order valence-corrected chi connectivity index (χ4v) is 4.95. The van der Waals surface area contributed by atoms with Crippen molar-refractivity contribution in [2.24, 2.45) is 12.0 Å². The average molecular weight is 531 g/mol. The minimum Gasteiger partial charge on any atom is -0.495 e. The van der Waals surface area contributed by atoms with E-state index >= 15 is 0 Å². The van der Waals surface area contributed by atoms with Crippen LogP contribution in [0.15, 0.2) is 64.8 Å². The molecule has 0 radical (unpaired) electrons. The monoisotopic (exact) mass is 530 g/mol. The van der Waals surface area contributed by atoms with Crippen LogP contribution in [0.2, 0.25) is 0 Å². The summed E-state index contributed by atoms with van der Waals surface area (Å²) >= 11 is 0. The minimum absolute atomic E-state index is 0.123. The molecular weight excluding hydrogens is 502 g/mol. The van der Waals surface area contributed by atoms with Crippen molar-refractivity contribution in [3.63, 3.8) is 0 Å². The highest BCUT2D eigenvalue weighted by Crippen LogP contribution is 2.31. The van der Waals surface area contributed by atoms with Crippen LogP contribution in [0, 0.1) is 18.6 Å². The first-order valence-corrected chi connectivity index (χ1v) is 12.8. The zero-order valence-electron chi connectivity index (χ0n) is 22.1. The number of methoxy groups -OCH3 is 1. The summed E-state index contributed by atoms with van der Waals surface area (Å²) in [4.78, 5) is 26.3. The van der Waals surface area contributed by atoms with Crippen molar-refractivity contribution in [1.82, 2.24) is 23.7 Å². The zero-order valence-corrected chi connectivity index (χ0v) is 22.1. The number of rotatable bonds is 6. The van der Waals surface area contributed by atoms with Crippen LogP contribution in [0.5, 0.6) is 5.75 Å². The van der Waals surface area contributed by atoms with Crippen molar-refractivity contribution in [3.05, 3.63) is 93.9 Å². The lowest BCUT2D eigenvalue weighted by atomic mass is 10.1. The second kappa shape index (κ2) is 9.37. The van der Waals surface area contributed by atoms with Gasteiger partial charge in [0.05, 0.1) is 42.4 Å². The van der Waals surface area contributed by atoms with Gasteiger partial charge in [-0.25, -0.2) is 18.8 Å². The van der Waals surface area contributed by atoms with Gasteiger partial charge in [0.2, 0.25) is 5.62 Å². The first-order valence-electron chi connectivity index (χ1n) is 12.8. The molecule has 10 heteroatoms. The van der Waals surface area contributed by atoms with Gasteiger partial charge >= 0.3 is 0 Å². The minimum atomic E-state index is -0.693. The highest BCUT2D eigenvalue weighted by Gasteiger charge is 2.24. The van der Waals surface area contributed by atoms with Crippen LogP contribution in [0.25, 0.3) is 28.0 Å². The number of imidazole rings is 1. The number of aromatic nitrogens is 5. The second-order valence-corrected chi connectivity index (χ2v) is 10.0. The molecular formula is C29H28F2N6O2. The van der Waals surface area contributed by atoms with Crippen molar-refractivity contribution >= 4 is 11.0 Å². The average Bonchev–Trinajstić information content (AvgIpc) is 3.44. The molecule has 0 bridgehead atoms. The number of benzene rings is 2. The molecule has 0 saturated heterocycles. The molecule has 5 aromatic rings. The smallest absolute Gasteiger partial charge is 0.279 e. The number of aromatic amines is 1. The maximum Gasteiger partial charge on any atom is 0.279 e. The number of ether oxygens (including phenoxy) is 1. The van der Waals surface area contributed by atoms with E-state index in [1.54, 1.807) is 20.4 Å². The Balaban J connectivity index is 1.53. The Kier molecular flexibility index (Phi) is 5.97. The Morgan fingerprint density at radius 3 is 2.51 bits per heavy atom. The third-order valence-corrected chi connectivity index (χ3v) is 7.19. The molecule has 1 aliphatic carbocycles. The number of aryl methyl sites for hydroxylation is 2. The highest BCUT2D eigenvalue weighted by atomic mass is 19.1. The van der Waals surface area contributed by atoms with Crippen LogP contribution in [-0.4, -0.2) is 36.8 Å². The van der Waals surface area contributed by atoms with Crippen LogP contribution in [0.3, 0.4) is 0 Å². The van der Waals surface area contributed by atoms with Crippen LogP contribution < -0.4 is 15.9 Å². The van der Waals surface area contributed by atoms with Crippen molar-refractivity contribution in [2.45, 2.75) is 38.8 Å². The van der Waals surface area contributed by atoms with Gasteiger partial charge in [-0.2, -0.15) is 0 Å². The SMILES string of the molecule is COc1cc(-c2cc3c([nH]2)c(=O)n(C(C)c2cc(F)cc(F)c2)c(=NC2CC2)n3C)ccc1-n1cnc(C)c1. The lowest BCUT2D eigenvalue weighted by Crippen LogP contribution is -2.42. The van der Waals surface area contributed by atoms with Gasteiger partial charge in [-0.1, -0.05) is 6.07 Å². The van der Waals surface area contributed by atoms with Gasteiger partial charge in [0.25, 0.3) is 5.56 Å². The maximum atomic E-state index is 14.1. The largest absolute Gasteiger partial charge is 0.495 e. The van der Waals surface area contributed by atoms with Crippen molar-refractivity contribution in [2.75, 3.05) is 7.11 Å². The summed E-state index contributed by atoms with van der Waals surface area (Å²) < 4.78 is 39.1. The molecule has 0 aliphatic heterocycles. The Bertz CT molecular complexity index is 1840. The summed E-state index contributed by atoms with van der Waals surface area (Å²) in [5.74, 6) is -0.737. The summed E-state index contributed by atoms with van der Waals surface area (Å²) in [7, 11) is 3.46. The summed E-state index contributed by atoms with van der Waals surface area (Å²) in [6.07, 6.45) is 5.53. The summed E-state index contributed by atoms with van der Waals surface area (Å²) in [6.45, 7) is 3.67. The van der Waals surface area contributed by atoms with E-state index in [1.807, 2.05) is 53.6 Å². The Labute approximate surface area is 222 Å². The molecule has 0 amide bonds. The molecule has 6 rings (SSSR count). The normalized spacial score (nSPS) is 14.8. The molecule has 0 spiro atoms. The lowest BCUT2D eigenvalue weighted by molar-refractivity contribution is 0.413. The molecule has 39 heavy (non-hydrogen) atoms. The molecule has 200 valence electrons. The molecule has 1 aliphatic rings. The third kappa shape index (κ3) is 4.45. The third-order valence-electron chi connectivity index (χ3n) is 7.19. The Hall–Kier alpha value is -4.47. The van der Waals surface area contributed by atoms with Gasteiger partial charge < -0.3 is 18.9 Å². The molecule has 2 aromatic carbocycles. The molecule has 1 atom stereocenters. The van der Waals surface area contributed by atoms with E-state index in [9.17, 15) is 13.6 Å². The number of nitrogens with one attached hydrogen (secondary N) is 1. The molecule has 8 nitrogen and oxygen atoms in total. The second-order valence-electron chi connectivity index (χ2n) is 10.0. The van der Waals surface area contributed by atoms with Crippen LogP contribution >= 0.6 is 0 Å². The Morgan fingerprint density at radius 2 is 1.87 bits per heavy atom. The van der Waals surface area contributed by atoms with Gasteiger partial charge in [-0.05, 0) is 62.6 Å². The zero-order chi connectivity index (χ0) is 27.4. The van der Waals surface area contributed by atoms with E-state index in [0.29, 0.717) is 28.0 Å². The number of nitrogens with zero attached hydrogens (tertiary/aromatic N) is 5. The molecule has 1 N–H and O–H groups in total. The van der Waals surface area contributed by atoms with Gasteiger partial charge in [0, 0.05) is 30.6 Å². The van der Waals surface area contributed by atoms with Gasteiger partial charge in [0.1, 0.15) is 22.9 Å². The maximum absolute atomic E-state index is 14.1. The van der Waals surface area contributed by atoms with Crippen molar-refractivity contribution in [3.8, 4) is 22.7 Å². The summed E-state index contributed by atoms with van der Waals surface area (Å²) in [6, 6.07) is 10.5. The molecule has 1 saturated carbocycles. The van der Waals surface area contributed by atoms with E-state index < -0.39 is 17.7 Å². The number of H-pyrrole nitrogens is 1. The predicted molar refractivity (Wildman–Crippen MR) is 144 cm³/mol. The fraction of sp³-hybridized carbons (Fsp3) is 0.276. The lowest BCUT2D eigenvalue weighted by Gasteiger charge is -2.19. The van der Waals surface area contributed by atoms with Crippen molar-refractivity contribution < 1.29 is 13.5 Å². The highest BCUT2D eigenvalue weighted by molar-refractivity contribution is 5.83. The standard InChI is InChI=1S/C29H28F2N6O2/c1-16-14-36(15-32-16)24-8-5-18(11-26(24)39-4)23-13-25-27(34-23)28(38)37(29(35(25)3)33-22-6-7-22)17(2)19-9-20(30)12-21(31)10-19/h5,8-15,17,22,34H,6-7H2,1-4H3. The quantitative estimate of drug-likeness (QED) is 0.343. The van der Waals surface area contributed by atoms with E-state index in [4.69, 9.17) is 9.73 Å². The molecule has 1 unspecified atom stereocenters. The van der Waals surface area contributed by atoms with E-state index in [-0.39, 0.29) is 11.6 Å². The van der Waals surface area contributed by atoms with E-state index in [1.165, 1.54) is 16.7 Å². The van der Waals surface area contributed by atoms with Crippen molar-refractivity contribution in [1.29, 1.82) is 0 Å². The van der Waals surface area contributed by atoms with Gasteiger partial charge in [-0.15, -0.1) is 0 Å². The number of hydrogen-bond acceptors (Lipinski definition) is 4. The molecule has 3 aromatic heterocycles. The molecule has 3 heterocycles. The first-order chi connectivity index (χ1) is 18.7. The Morgan fingerprint density at radius 1 is 1.13 bits per heavy atom. The van der Waals surface area contributed by atoms with Gasteiger partial charge in [0.15, 0.2) is 0 Å². The van der Waals surface area contributed by atoms with E-state index in [0.717, 1.165) is 41.5 Å². The van der Waals surface area contributed by atoms with Crippen LogP contribution in [0.4, 0.5) is 8.78 Å². The predicted octanol–water partition coefficient (Wildman–Crippen LogP) is 4.79. The summed E-state index contributed by atoms with van der Waals surface area (Å²) in [5.41, 5.74) is 4.83.